The largest absolute Gasteiger partial charge is 0.465 e. The van der Waals surface area contributed by atoms with E-state index in [0.717, 1.165) is 3.57 Å². The van der Waals surface area contributed by atoms with Crippen LogP contribution in [0.3, 0.4) is 0 Å². The number of carbonyl (C=O) groups is 2. The Balaban J connectivity index is 2.28. The van der Waals surface area contributed by atoms with Gasteiger partial charge in [0.2, 0.25) is 0 Å². The molecule has 0 heterocycles. The second-order valence-electron chi connectivity index (χ2n) is 4.43. The normalized spacial score (nSPS) is 10.0. The molecule has 0 saturated heterocycles. The van der Waals surface area contributed by atoms with E-state index >= 15 is 0 Å². The van der Waals surface area contributed by atoms with Gasteiger partial charge in [-0.3, -0.25) is 4.79 Å². The maximum atomic E-state index is 12.2. The Morgan fingerprint density at radius 3 is 2.52 bits per heavy atom. The molecule has 21 heavy (non-hydrogen) atoms. The first-order valence-electron chi connectivity index (χ1n) is 6.27. The van der Waals surface area contributed by atoms with Crippen molar-refractivity contribution < 1.29 is 14.3 Å². The number of methoxy groups -OCH3 is 1. The summed E-state index contributed by atoms with van der Waals surface area (Å²) < 4.78 is 5.71. The number of esters is 1. The Kier molecular flexibility index (Phi) is 4.95. The Morgan fingerprint density at radius 1 is 1.14 bits per heavy atom. The lowest BCUT2D eigenvalue weighted by Gasteiger charge is -2.11. The molecule has 1 amide bonds. The first kappa shape index (κ1) is 15.5. The lowest BCUT2D eigenvalue weighted by molar-refractivity contribution is 0.0599. The van der Waals surface area contributed by atoms with Gasteiger partial charge in [0.1, 0.15) is 0 Å². The van der Waals surface area contributed by atoms with Gasteiger partial charge in [-0.2, -0.15) is 0 Å². The molecular formula is C16H14INO3. The van der Waals surface area contributed by atoms with Crippen molar-refractivity contribution in [3.05, 3.63) is 62.7 Å². The summed E-state index contributed by atoms with van der Waals surface area (Å²) in [7, 11) is 1.33. The molecule has 0 radical (unpaired) electrons. The van der Waals surface area contributed by atoms with Crippen molar-refractivity contribution in [1.29, 1.82) is 0 Å². The number of carbonyl (C=O) groups excluding carboxylic acids is 2. The number of ether oxygens (including phenoxy) is 1. The topological polar surface area (TPSA) is 55.4 Å². The molecule has 0 saturated carbocycles. The smallest absolute Gasteiger partial charge is 0.338 e. The van der Waals surface area contributed by atoms with Crippen LogP contribution in [0.15, 0.2) is 42.5 Å². The van der Waals surface area contributed by atoms with Crippen LogP contribution in [0.4, 0.5) is 5.69 Å². The van der Waals surface area contributed by atoms with E-state index < -0.39 is 5.97 Å². The van der Waals surface area contributed by atoms with Crippen molar-refractivity contribution in [3.8, 4) is 0 Å². The van der Waals surface area contributed by atoms with E-state index in [0.29, 0.717) is 22.4 Å². The summed E-state index contributed by atoms with van der Waals surface area (Å²) in [5.41, 5.74) is 2.30. The summed E-state index contributed by atoms with van der Waals surface area (Å²) in [6, 6.07) is 12.4. The number of hydrogen-bond acceptors (Lipinski definition) is 3. The standard InChI is InChI=1S/C16H14INO3/c1-10-13(16(20)21-2)7-4-8-14(10)18-15(19)11-5-3-6-12(17)9-11/h3-9H,1-2H3,(H,18,19). The van der Waals surface area contributed by atoms with Crippen LogP contribution >= 0.6 is 22.6 Å². The fraction of sp³-hybridized carbons (Fsp3) is 0.125. The molecule has 0 spiro atoms. The van der Waals surface area contributed by atoms with Gasteiger partial charge in [0, 0.05) is 14.8 Å². The number of halogens is 1. The summed E-state index contributed by atoms with van der Waals surface area (Å²) in [5, 5.41) is 2.82. The van der Waals surface area contributed by atoms with Gasteiger partial charge in [0.05, 0.1) is 12.7 Å². The molecule has 108 valence electrons. The lowest BCUT2D eigenvalue weighted by Crippen LogP contribution is -2.14. The van der Waals surface area contributed by atoms with Gasteiger partial charge >= 0.3 is 5.97 Å². The van der Waals surface area contributed by atoms with E-state index in [1.165, 1.54) is 7.11 Å². The van der Waals surface area contributed by atoms with Crippen molar-refractivity contribution in [2.45, 2.75) is 6.92 Å². The molecular weight excluding hydrogens is 381 g/mol. The van der Waals surface area contributed by atoms with Crippen LogP contribution in [-0.4, -0.2) is 19.0 Å². The lowest BCUT2D eigenvalue weighted by atomic mass is 10.1. The highest BCUT2D eigenvalue weighted by Crippen LogP contribution is 2.20. The van der Waals surface area contributed by atoms with Gasteiger partial charge in [-0.1, -0.05) is 12.1 Å². The molecule has 1 N–H and O–H groups in total. The molecule has 2 aromatic rings. The predicted octanol–water partition coefficient (Wildman–Crippen LogP) is 3.64. The molecule has 0 aliphatic carbocycles. The first-order chi connectivity index (χ1) is 10.0. The molecule has 0 aliphatic rings. The molecule has 0 bridgehead atoms. The molecule has 2 rings (SSSR count). The molecule has 2 aromatic carbocycles. The van der Waals surface area contributed by atoms with Gasteiger partial charge in [0.25, 0.3) is 5.91 Å². The average Bonchev–Trinajstić information content (AvgIpc) is 2.48. The Morgan fingerprint density at radius 2 is 1.86 bits per heavy atom. The zero-order valence-corrected chi connectivity index (χ0v) is 13.8. The zero-order chi connectivity index (χ0) is 15.4. The second-order valence-corrected chi connectivity index (χ2v) is 5.68. The average molecular weight is 395 g/mol. The van der Waals surface area contributed by atoms with Gasteiger partial charge in [-0.25, -0.2) is 4.79 Å². The Labute approximate surface area is 136 Å². The minimum atomic E-state index is -0.419. The van der Waals surface area contributed by atoms with E-state index in [4.69, 9.17) is 4.74 Å². The number of hydrogen-bond donors (Lipinski definition) is 1. The van der Waals surface area contributed by atoms with Gasteiger partial charge in [-0.15, -0.1) is 0 Å². The number of benzene rings is 2. The minimum Gasteiger partial charge on any atom is -0.465 e. The Hall–Kier alpha value is -1.89. The van der Waals surface area contributed by atoms with Crippen molar-refractivity contribution in [2.75, 3.05) is 12.4 Å². The molecule has 0 aromatic heterocycles. The molecule has 5 heteroatoms. The van der Waals surface area contributed by atoms with Crippen molar-refractivity contribution >= 4 is 40.2 Å². The van der Waals surface area contributed by atoms with Crippen LogP contribution in [0, 0.1) is 10.5 Å². The van der Waals surface area contributed by atoms with Gasteiger partial charge < -0.3 is 10.1 Å². The second kappa shape index (κ2) is 6.71. The van der Waals surface area contributed by atoms with E-state index in [2.05, 4.69) is 27.9 Å². The molecule has 0 fully saturated rings. The fourth-order valence-corrected chi connectivity index (χ4v) is 2.47. The maximum absolute atomic E-state index is 12.2. The van der Waals surface area contributed by atoms with Gasteiger partial charge in [0.15, 0.2) is 0 Å². The van der Waals surface area contributed by atoms with E-state index in [-0.39, 0.29) is 5.91 Å². The summed E-state index contributed by atoms with van der Waals surface area (Å²) in [6.07, 6.45) is 0. The number of rotatable bonds is 3. The Bertz CT molecular complexity index is 698. The number of nitrogens with one attached hydrogen (secondary N) is 1. The van der Waals surface area contributed by atoms with E-state index in [9.17, 15) is 9.59 Å². The van der Waals surface area contributed by atoms with Crippen LogP contribution in [-0.2, 0) is 4.74 Å². The molecule has 0 aliphatic heterocycles. The molecule has 0 atom stereocenters. The highest BCUT2D eigenvalue weighted by atomic mass is 127. The monoisotopic (exact) mass is 395 g/mol. The van der Waals surface area contributed by atoms with Crippen LogP contribution < -0.4 is 5.32 Å². The third kappa shape index (κ3) is 3.60. The molecule has 4 nitrogen and oxygen atoms in total. The van der Waals surface area contributed by atoms with E-state index in [1.807, 2.05) is 12.1 Å². The maximum Gasteiger partial charge on any atom is 0.338 e. The fourth-order valence-electron chi connectivity index (χ4n) is 1.93. The number of anilines is 1. The SMILES string of the molecule is COC(=O)c1cccc(NC(=O)c2cccc(I)c2)c1C. The number of amides is 1. The summed E-state index contributed by atoms with van der Waals surface area (Å²) in [5.74, 6) is -0.628. The van der Waals surface area contributed by atoms with Crippen LogP contribution in [0.25, 0.3) is 0 Å². The predicted molar refractivity (Wildman–Crippen MR) is 89.6 cm³/mol. The van der Waals surface area contributed by atoms with Crippen molar-refractivity contribution in [1.82, 2.24) is 0 Å². The third-order valence-corrected chi connectivity index (χ3v) is 3.75. The summed E-state index contributed by atoms with van der Waals surface area (Å²) >= 11 is 2.15. The van der Waals surface area contributed by atoms with Crippen molar-refractivity contribution in [2.24, 2.45) is 0 Å². The summed E-state index contributed by atoms with van der Waals surface area (Å²) in [6.45, 7) is 1.77. The third-order valence-electron chi connectivity index (χ3n) is 3.07. The minimum absolute atomic E-state index is 0.210. The quantitative estimate of drug-likeness (QED) is 0.638. The van der Waals surface area contributed by atoms with Crippen LogP contribution in [0.5, 0.6) is 0 Å². The van der Waals surface area contributed by atoms with Crippen LogP contribution in [0.1, 0.15) is 26.3 Å². The van der Waals surface area contributed by atoms with Gasteiger partial charge in [-0.05, 0) is 65.4 Å². The highest BCUT2D eigenvalue weighted by molar-refractivity contribution is 14.1. The van der Waals surface area contributed by atoms with Crippen LogP contribution in [0.2, 0.25) is 0 Å². The first-order valence-corrected chi connectivity index (χ1v) is 7.35. The molecule has 0 unspecified atom stereocenters. The summed E-state index contributed by atoms with van der Waals surface area (Å²) in [4.78, 5) is 23.9. The van der Waals surface area contributed by atoms with Crippen molar-refractivity contribution in [3.63, 3.8) is 0 Å². The highest BCUT2D eigenvalue weighted by Gasteiger charge is 2.14. The zero-order valence-electron chi connectivity index (χ0n) is 11.6. The van der Waals surface area contributed by atoms with E-state index in [1.54, 1.807) is 37.3 Å².